The second kappa shape index (κ2) is 8.37. The zero-order valence-electron chi connectivity index (χ0n) is 13.6. The maximum absolute atomic E-state index is 5.84. The first kappa shape index (κ1) is 16.3. The van der Waals surface area contributed by atoms with Crippen molar-refractivity contribution in [3.05, 3.63) is 29.8 Å². The van der Waals surface area contributed by atoms with Crippen molar-refractivity contribution in [2.75, 3.05) is 47.4 Å². The van der Waals surface area contributed by atoms with Crippen molar-refractivity contribution >= 4 is 0 Å². The van der Waals surface area contributed by atoms with Gasteiger partial charge in [0, 0.05) is 19.1 Å². The Balaban J connectivity index is 1.65. The second-order valence-corrected chi connectivity index (χ2v) is 6.06. The molecule has 1 heterocycles. The van der Waals surface area contributed by atoms with Gasteiger partial charge in [0.1, 0.15) is 12.4 Å². The van der Waals surface area contributed by atoms with Crippen molar-refractivity contribution in [3.8, 4) is 5.75 Å². The van der Waals surface area contributed by atoms with Crippen LogP contribution in [-0.2, 0) is 6.54 Å². The quantitative estimate of drug-likeness (QED) is 0.829. The molecule has 4 nitrogen and oxygen atoms in total. The summed E-state index contributed by atoms with van der Waals surface area (Å²) in [7, 11) is 6.33. The van der Waals surface area contributed by atoms with Crippen LogP contribution in [0.5, 0.6) is 5.75 Å². The monoisotopic (exact) mass is 291 g/mol. The van der Waals surface area contributed by atoms with Crippen LogP contribution in [0.1, 0.15) is 18.4 Å². The number of benzene rings is 1. The SMILES string of the molecule is CNCc1ccc(OCCN2CCC(N(C)C)CC2)cc1. The third kappa shape index (κ3) is 5.30. The number of piperidine rings is 1. The lowest BCUT2D eigenvalue weighted by atomic mass is 10.0. The van der Waals surface area contributed by atoms with Crippen molar-refractivity contribution in [2.24, 2.45) is 0 Å². The van der Waals surface area contributed by atoms with Gasteiger partial charge in [0.25, 0.3) is 0 Å². The lowest BCUT2D eigenvalue weighted by Gasteiger charge is -2.35. The Morgan fingerprint density at radius 2 is 1.86 bits per heavy atom. The fraction of sp³-hybridized carbons (Fsp3) is 0.647. The Kier molecular flexibility index (Phi) is 6.49. The van der Waals surface area contributed by atoms with Crippen LogP contribution < -0.4 is 10.1 Å². The molecule has 21 heavy (non-hydrogen) atoms. The number of rotatable bonds is 7. The predicted molar refractivity (Wildman–Crippen MR) is 87.8 cm³/mol. The minimum Gasteiger partial charge on any atom is -0.492 e. The maximum Gasteiger partial charge on any atom is 0.119 e. The molecule has 1 aromatic rings. The van der Waals surface area contributed by atoms with Gasteiger partial charge in [-0.2, -0.15) is 0 Å². The van der Waals surface area contributed by atoms with Gasteiger partial charge in [0.05, 0.1) is 0 Å². The van der Waals surface area contributed by atoms with E-state index in [-0.39, 0.29) is 0 Å². The number of hydrogen-bond acceptors (Lipinski definition) is 4. The Bertz CT molecular complexity index is 397. The van der Waals surface area contributed by atoms with Gasteiger partial charge in [-0.15, -0.1) is 0 Å². The van der Waals surface area contributed by atoms with Gasteiger partial charge >= 0.3 is 0 Å². The van der Waals surface area contributed by atoms with Crippen molar-refractivity contribution < 1.29 is 4.74 Å². The molecule has 4 heteroatoms. The summed E-state index contributed by atoms with van der Waals surface area (Å²) in [5.74, 6) is 0.970. The highest BCUT2D eigenvalue weighted by atomic mass is 16.5. The highest BCUT2D eigenvalue weighted by Gasteiger charge is 2.20. The molecule has 1 aromatic carbocycles. The molecule has 0 spiro atoms. The molecule has 1 aliphatic heterocycles. The van der Waals surface area contributed by atoms with E-state index in [0.717, 1.165) is 31.5 Å². The highest BCUT2D eigenvalue weighted by Crippen LogP contribution is 2.15. The van der Waals surface area contributed by atoms with E-state index in [4.69, 9.17) is 4.74 Å². The van der Waals surface area contributed by atoms with Gasteiger partial charge in [-0.3, -0.25) is 4.90 Å². The minimum atomic E-state index is 0.752. The summed E-state index contributed by atoms with van der Waals surface area (Å²) in [6.07, 6.45) is 2.54. The van der Waals surface area contributed by atoms with Gasteiger partial charge in [-0.25, -0.2) is 0 Å². The van der Waals surface area contributed by atoms with E-state index in [0.29, 0.717) is 0 Å². The molecular formula is C17H29N3O. The van der Waals surface area contributed by atoms with E-state index in [1.54, 1.807) is 0 Å². The molecule has 1 aliphatic rings. The first-order chi connectivity index (χ1) is 10.2. The van der Waals surface area contributed by atoms with Crippen molar-refractivity contribution in [1.82, 2.24) is 15.1 Å². The van der Waals surface area contributed by atoms with E-state index >= 15 is 0 Å². The van der Waals surface area contributed by atoms with Crippen LogP contribution in [0.2, 0.25) is 0 Å². The average molecular weight is 291 g/mol. The van der Waals surface area contributed by atoms with Crippen LogP contribution >= 0.6 is 0 Å². The molecule has 0 aliphatic carbocycles. The van der Waals surface area contributed by atoms with Crippen LogP contribution in [0.4, 0.5) is 0 Å². The Hall–Kier alpha value is -1.10. The van der Waals surface area contributed by atoms with Crippen LogP contribution in [-0.4, -0.2) is 63.2 Å². The molecular weight excluding hydrogens is 262 g/mol. The summed E-state index contributed by atoms with van der Waals surface area (Å²) < 4.78 is 5.84. The predicted octanol–water partition coefficient (Wildman–Crippen LogP) is 1.81. The number of hydrogen-bond donors (Lipinski definition) is 1. The standard InChI is InChI=1S/C17H29N3O/c1-18-14-15-4-6-17(7-5-15)21-13-12-20-10-8-16(9-11-20)19(2)3/h4-7,16,18H,8-14H2,1-3H3. The van der Waals surface area contributed by atoms with Gasteiger partial charge in [0.2, 0.25) is 0 Å². The van der Waals surface area contributed by atoms with Gasteiger partial charge in [0.15, 0.2) is 0 Å². The van der Waals surface area contributed by atoms with Crippen LogP contribution in [0, 0.1) is 0 Å². The van der Waals surface area contributed by atoms with E-state index in [9.17, 15) is 0 Å². The first-order valence-corrected chi connectivity index (χ1v) is 7.94. The summed E-state index contributed by atoms with van der Waals surface area (Å²) in [6.45, 7) is 5.08. The molecule has 1 saturated heterocycles. The minimum absolute atomic E-state index is 0.752. The number of likely N-dealkylation sites (tertiary alicyclic amines) is 1. The van der Waals surface area contributed by atoms with Crippen molar-refractivity contribution in [2.45, 2.75) is 25.4 Å². The maximum atomic E-state index is 5.84. The summed E-state index contributed by atoms with van der Waals surface area (Å²) >= 11 is 0. The molecule has 0 bridgehead atoms. The average Bonchev–Trinajstić information content (AvgIpc) is 2.50. The number of nitrogens with one attached hydrogen (secondary N) is 1. The van der Waals surface area contributed by atoms with Gasteiger partial charge < -0.3 is 15.0 Å². The molecule has 0 aromatic heterocycles. The first-order valence-electron chi connectivity index (χ1n) is 7.94. The Labute approximate surface area is 129 Å². The van der Waals surface area contributed by atoms with Crippen LogP contribution in [0.3, 0.4) is 0 Å². The van der Waals surface area contributed by atoms with Gasteiger partial charge in [-0.1, -0.05) is 12.1 Å². The summed E-state index contributed by atoms with van der Waals surface area (Å²) in [5, 5.41) is 3.15. The van der Waals surface area contributed by atoms with E-state index in [1.165, 1.54) is 31.5 Å². The summed E-state index contributed by atoms with van der Waals surface area (Å²) in [5.41, 5.74) is 1.29. The Morgan fingerprint density at radius 1 is 1.19 bits per heavy atom. The van der Waals surface area contributed by atoms with E-state index in [2.05, 4.69) is 53.5 Å². The fourth-order valence-electron chi connectivity index (χ4n) is 2.86. The third-order valence-corrected chi connectivity index (χ3v) is 4.27. The van der Waals surface area contributed by atoms with Crippen molar-refractivity contribution in [3.63, 3.8) is 0 Å². The zero-order valence-corrected chi connectivity index (χ0v) is 13.6. The van der Waals surface area contributed by atoms with Crippen LogP contribution in [0.25, 0.3) is 0 Å². The molecule has 0 saturated carbocycles. The number of ether oxygens (including phenoxy) is 1. The van der Waals surface area contributed by atoms with Crippen LogP contribution in [0.15, 0.2) is 24.3 Å². The molecule has 1 N–H and O–H groups in total. The molecule has 2 rings (SSSR count). The lowest BCUT2D eigenvalue weighted by molar-refractivity contribution is 0.128. The third-order valence-electron chi connectivity index (χ3n) is 4.27. The summed E-state index contributed by atoms with van der Waals surface area (Å²) in [4.78, 5) is 4.86. The second-order valence-electron chi connectivity index (χ2n) is 6.06. The van der Waals surface area contributed by atoms with Crippen molar-refractivity contribution in [1.29, 1.82) is 0 Å². The lowest BCUT2D eigenvalue weighted by Crippen LogP contribution is -2.43. The molecule has 1 fully saturated rings. The smallest absolute Gasteiger partial charge is 0.119 e. The molecule has 0 unspecified atom stereocenters. The molecule has 0 amide bonds. The van der Waals surface area contributed by atoms with Gasteiger partial charge in [-0.05, 0) is 64.8 Å². The van der Waals surface area contributed by atoms with E-state index < -0.39 is 0 Å². The molecule has 0 atom stereocenters. The number of nitrogens with zero attached hydrogens (tertiary/aromatic N) is 2. The largest absolute Gasteiger partial charge is 0.492 e. The zero-order chi connectivity index (χ0) is 15.1. The molecule has 0 radical (unpaired) electrons. The fourth-order valence-corrected chi connectivity index (χ4v) is 2.86. The topological polar surface area (TPSA) is 27.7 Å². The molecule has 118 valence electrons. The normalized spacial score (nSPS) is 17.3. The van der Waals surface area contributed by atoms with E-state index in [1.807, 2.05) is 7.05 Å². The highest BCUT2D eigenvalue weighted by molar-refractivity contribution is 5.27. The summed E-state index contributed by atoms with van der Waals surface area (Å²) in [6, 6.07) is 9.11. The Morgan fingerprint density at radius 3 is 2.43 bits per heavy atom.